The Balaban J connectivity index is 1.45. The van der Waals surface area contributed by atoms with Crippen molar-refractivity contribution in [3.8, 4) is 5.75 Å². The van der Waals surface area contributed by atoms with E-state index in [0.29, 0.717) is 25.4 Å². The molecule has 1 fully saturated rings. The third-order valence-electron chi connectivity index (χ3n) is 4.44. The highest BCUT2D eigenvalue weighted by Crippen LogP contribution is 2.11. The van der Waals surface area contributed by atoms with Gasteiger partial charge in [-0.2, -0.15) is 0 Å². The van der Waals surface area contributed by atoms with Crippen LogP contribution in [0.4, 0.5) is 0 Å². The van der Waals surface area contributed by atoms with Crippen LogP contribution in [0.25, 0.3) is 0 Å². The van der Waals surface area contributed by atoms with Crippen molar-refractivity contribution in [1.29, 1.82) is 0 Å². The van der Waals surface area contributed by atoms with Crippen LogP contribution >= 0.6 is 0 Å². The van der Waals surface area contributed by atoms with Crippen LogP contribution in [0.15, 0.2) is 58.1 Å². The summed E-state index contributed by atoms with van der Waals surface area (Å²) in [5.41, 5.74) is 0. The molecule has 0 spiro atoms. The van der Waals surface area contributed by atoms with Crippen LogP contribution in [0.2, 0.25) is 0 Å². The molecular formula is C20H26N4O3. The molecule has 2 heterocycles. The van der Waals surface area contributed by atoms with Crippen LogP contribution in [-0.4, -0.2) is 67.5 Å². The molecular weight excluding hydrogens is 344 g/mol. The molecule has 27 heavy (non-hydrogen) atoms. The van der Waals surface area contributed by atoms with Gasteiger partial charge in [0.05, 0.1) is 12.8 Å². The van der Waals surface area contributed by atoms with Gasteiger partial charge in [-0.25, -0.2) is 0 Å². The molecule has 0 radical (unpaired) electrons. The monoisotopic (exact) mass is 370 g/mol. The van der Waals surface area contributed by atoms with E-state index in [-0.39, 0.29) is 12.0 Å². The second-order valence-corrected chi connectivity index (χ2v) is 6.43. The number of aliphatic imine (C=N–C) groups is 1. The smallest absolute Gasteiger partial charge is 0.289 e. The maximum atomic E-state index is 12.3. The Bertz CT molecular complexity index is 738. The summed E-state index contributed by atoms with van der Waals surface area (Å²) in [5, 5.41) is 3.36. The number of ether oxygens (including phenoxy) is 1. The van der Waals surface area contributed by atoms with Gasteiger partial charge in [-0.15, -0.1) is 0 Å². The third kappa shape index (κ3) is 5.03. The zero-order valence-corrected chi connectivity index (χ0v) is 15.8. The average Bonchev–Trinajstić information content (AvgIpc) is 3.24. The van der Waals surface area contributed by atoms with Crippen LogP contribution in [0.1, 0.15) is 17.5 Å². The lowest BCUT2D eigenvalue weighted by Crippen LogP contribution is -2.54. The SMILES string of the molecule is CN=C(NCC(C)Oc1ccccc1)N1CCN(C(=O)c2ccco2)CC1. The Morgan fingerprint density at radius 2 is 1.85 bits per heavy atom. The van der Waals surface area contributed by atoms with E-state index in [4.69, 9.17) is 9.15 Å². The summed E-state index contributed by atoms with van der Waals surface area (Å²) < 4.78 is 11.1. The first-order valence-electron chi connectivity index (χ1n) is 9.17. The van der Waals surface area contributed by atoms with Gasteiger partial charge in [0.1, 0.15) is 11.9 Å². The van der Waals surface area contributed by atoms with Crippen molar-refractivity contribution in [2.45, 2.75) is 13.0 Å². The number of nitrogens with one attached hydrogen (secondary N) is 1. The van der Waals surface area contributed by atoms with Gasteiger partial charge in [0.2, 0.25) is 0 Å². The molecule has 1 aliphatic heterocycles. The first-order chi connectivity index (χ1) is 13.2. The summed E-state index contributed by atoms with van der Waals surface area (Å²) in [4.78, 5) is 20.7. The molecule has 1 atom stereocenters. The van der Waals surface area contributed by atoms with Crippen LogP contribution in [0.3, 0.4) is 0 Å². The van der Waals surface area contributed by atoms with E-state index in [1.807, 2.05) is 42.2 Å². The zero-order chi connectivity index (χ0) is 19.1. The van der Waals surface area contributed by atoms with Crippen molar-refractivity contribution in [2.75, 3.05) is 39.8 Å². The van der Waals surface area contributed by atoms with E-state index in [1.165, 1.54) is 6.26 Å². The summed E-state index contributed by atoms with van der Waals surface area (Å²) in [6, 6.07) is 13.2. The standard InChI is InChI=1S/C20H26N4O3/c1-16(27-17-7-4-3-5-8-17)15-22-20(21-2)24-12-10-23(11-13-24)19(25)18-9-6-14-26-18/h3-9,14,16H,10-13,15H2,1-2H3,(H,21,22). The van der Waals surface area contributed by atoms with E-state index >= 15 is 0 Å². The lowest BCUT2D eigenvalue weighted by Gasteiger charge is -2.36. The van der Waals surface area contributed by atoms with Crippen molar-refractivity contribution < 1.29 is 13.9 Å². The molecule has 1 aromatic carbocycles. The third-order valence-corrected chi connectivity index (χ3v) is 4.44. The number of furan rings is 1. The highest BCUT2D eigenvalue weighted by atomic mass is 16.5. The molecule has 1 aliphatic rings. The molecule has 0 bridgehead atoms. The number of benzene rings is 1. The Morgan fingerprint density at radius 1 is 1.15 bits per heavy atom. The molecule has 1 unspecified atom stereocenters. The van der Waals surface area contributed by atoms with Crippen molar-refractivity contribution in [3.05, 3.63) is 54.5 Å². The molecule has 7 nitrogen and oxygen atoms in total. The van der Waals surface area contributed by atoms with Gasteiger partial charge in [0.15, 0.2) is 11.7 Å². The highest BCUT2D eigenvalue weighted by molar-refractivity contribution is 5.91. The lowest BCUT2D eigenvalue weighted by atomic mass is 10.3. The summed E-state index contributed by atoms with van der Waals surface area (Å²) in [6.07, 6.45) is 1.53. The van der Waals surface area contributed by atoms with E-state index < -0.39 is 0 Å². The van der Waals surface area contributed by atoms with Crippen molar-refractivity contribution >= 4 is 11.9 Å². The number of nitrogens with zero attached hydrogens (tertiary/aromatic N) is 3. The number of carbonyl (C=O) groups excluding carboxylic acids is 1. The van der Waals surface area contributed by atoms with E-state index in [0.717, 1.165) is 24.8 Å². The number of amides is 1. The summed E-state index contributed by atoms with van der Waals surface area (Å²) in [6.45, 7) is 5.38. The van der Waals surface area contributed by atoms with Crippen LogP contribution in [0, 0.1) is 0 Å². The fourth-order valence-electron chi connectivity index (χ4n) is 3.02. The Labute approximate surface area is 159 Å². The van der Waals surface area contributed by atoms with Crippen molar-refractivity contribution in [2.24, 2.45) is 4.99 Å². The molecule has 144 valence electrons. The second-order valence-electron chi connectivity index (χ2n) is 6.43. The number of hydrogen-bond acceptors (Lipinski definition) is 4. The minimum Gasteiger partial charge on any atom is -0.489 e. The topological polar surface area (TPSA) is 70.3 Å². The molecule has 1 amide bonds. The molecule has 1 N–H and O–H groups in total. The normalized spacial score (nSPS) is 16.1. The van der Waals surface area contributed by atoms with E-state index in [2.05, 4.69) is 15.2 Å². The average molecular weight is 370 g/mol. The van der Waals surface area contributed by atoms with Gasteiger partial charge in [-0.3, -0.25) is 9.79 Å². The van der Waals surface area contributed by atoms with Gasteiger partial charge in [-0.05, 0) is 31.2 Å². The quantitative estimate of drug-likeness (QED) is 0.645. The lowest BCUT2D eigenvalue weighted by molar-refractivity contribution is 0.0657. The Hall–Kier alpha value is -2.96. The Kier molecular flexibility index (Phi) is 6.35. The Morgan fingerprint density at radius 3 is 2.48 bits per heavy atom. The van der Waals surface area contributed by atoms with Gasteiger partial charge in [0.25, 0.3) is 5.91 Å². The number of rotatable bonds is 5. The first kappa shape index (κ1) is 18.8. The fraction of sp³-hybridized carbons (Fsp3) is 0.400. The largest absolute Gasteiger partial charge is 0.489 e. The van der Waals surface area contributed by atoms with Gasteiger partial charge in [-0.1, -0.05) is 18.2 Å². The van der Waals surface area contributed by atoms with Crippen LogP contribution in [-0.2, 0) is 0 Å². The van der Waals surface area contributed by atoms with E-state index in [9.17, 15) is 4.79 Å². The fourth-order valence-corrected chi connectivity index (χ4v) is 3.02. The molecule has 0 aliphatic carbocycles. The molecule has 1 aromatic heterocycles. The zero-order valence-electron chi connectivity index (χ0n) is 15.8. The summed E-state index contributed by atoms with van der Waals surface area (Å²) in [5.74, 6) is 2.00. The molecule has 1 saturated heterocycles. The number of carbonyl (C=O) groups is 1. The molecule has 7 heteroatoms. The second kappa shape index (κ2) is 9.12. The minimum atomic E-state index is -0.0625. The molecule has 3 rings (SSSR count). The number of guanidine groups is 1. The number of piperazine rings is 1. The predicted octanol–water partition coefficient (Wildman–Crippen LogP) is 2.08. The maximum absolute atomic E-state index is 12.3. The molecule has 0 saturated carbocycles. The first-order valence-corrected chi connectivity index (χ1v) is 9.17. The van der Waals surface area contributed by atoms with Crippen molar-refractivity contribution in [3.63, 3.8) is 0 Å². The predicted molar refractivity (Wildman–Crippen MR) is 104 cm³/mol. The minimum absolute atomic E-state index is 0.00553. The van der Waals surface area contributed by atoms with Crippen molar-refractivity contribution in [1.82, 2.24) is 15.1 Å². The van der Waals surface area contributed by atoms with E-state index in [1.54, 1.807) is 19.2 Å². The van der Waals surface area contributed by atoms with Crippen LogP contribution in [0.5, 0.6) is 5.75 Å². The summed E-state index contributed by atoms with van der Waals surface area (Å²) in [7, 11) is 1.77. The van der Waals surface area contributed by atoms with Gasteiger partial charge < -0.3 is 24.3 Å². The van der Waals surface area contributed by atoms with Crippen LogP contribution < -0.4 is 10.1 Å². The maximum Gasteiger partial charge on any atom is 0.289 e. The van der Waals surface area contributed by atoms with Gasteiger partial charge in [0, 0.05) is 33.2 Å². The number of para-hydroxylation sites is 1. The highest BCUT2D eigenvalue weighted by Gasteiger charge is 2.25. The number of hydrogen-bond donors (Lipinski definition) is 1. The van der Waals surface area contributed by atoms with Gasteiger partial charge >= 0.3 is 0 Å². The molecule has 2 aromatic rings. The summed E-state index contributed by atoms with van der Waals surface area (Å²) >= 11 is 0.